The summed E-state index contributed by atoms with van der Waals surface area (Å²) < 4.78 is 1.55. The molecule has 0 radical (unpaired) electrons. The zero-order valence-electron chi connectivity index (χ0n) is 11.0. The Morgan fingerprint density at radius 3 is 2.68 bits per heavy atom. The number of carbonyl (C=O) groups is 1. The fourth-order valence-corrected chi connectivity index (χ4v) is 2.65. The highest BCUT2D eigenvalue weighted by Crippen LogP contribution is 2.16. The molecule has 0 saturated carbocycles. The van der Waals surface area contributed by atoms with E-state index >= 15 is 0 Å². The Hall–Kier alpha value is -2.04. The summed E-state index contributed by atoms with van der Waals surface area (Å²) >= 11 is 0. The maximum absolute atomic E-state index is 12.4. The Morgan fingerprint density at radius 2 is 1.95 bits per heavy atom. The van der Waals surface area contributed by atoms with Crippen molar-refractivity contribution in [2.24, 2.45) is 7.05 Å². The summed E-state index contributed by atoms with van der Waals surface area (Å²) in [6.45, 7) is 1.67. The van der Waals surface area contributed by atoms with E-state index in [1.54, 1.807) is 23.7 Å². The Labute approximate surface area is 110 Å². The molecule has 0 aliphatic carbocycles. The number of benzene rings is 1. The Bertz CT molecular complexity index is 678. The Balaban J connectivity index is 1.96. The molecule has 0 bridgehead atoms. The van der Waals surface area contributed by atoms with Crippen molar-refractivity contribution in [2.45, 2.75) is 19.3 Å². The molecule has 0 spiro atoms. The molecule has 19 heavy (non-hydrogen) atoms. The maximum Gasteiger partial charge on any atom is 0.326 e. The van der Waals surface area contributed by atoms with Gasteiger partial charge in [0.05, 0.1) is 11.0 Å². The summed E-state index contributed by atoms with van der Waals surface area (Å²) in [5.74, 6) is 0.0614. The number of nitrogens with one attached hydrogen (secondary N) is 1. The van der Waals surface area contributed by atoms with E-state index in [1.165, 1.54) is 6.42 Å². The third kappa shape index (κ3) is 2.05. The molecular formula is C14H17N3O2. The van der Waals surface area contributed by atoms with Crippen molar-refractivity contribution in [2.75, 3.05) is 13.1 Å². The van der Waals surface area contributed by atoms with Gasteiger partial charge in [-0.2, -0.15) is 0 Å². The topological polar surface area (TPSA) is 58.1 Å². The van der Waals surface area contributed by atoms with Crippen LogP contribution in [0, 0.1) is 0 Å². The number of piperidine rings is 1. The van der Waals surface area contributed by atoms with Crippen LogP contribution < -0.4 is 5.69 Å². The number of imidazole rings is 1. The minimum Gasteiger partial charge on any atom is -0.339 e. The van der Waals surface area contributed by atoms with E-state index in [-0.39, 0.29) is 11.6 Å². The number of carbonyl (C=O) groups excluding carboxylic acids is 1. The lowest BCUT2D eigenvalue weighted by Crippen LogP contribution is -2.35. The van der Waals surface area contributed by atoms with Gasteiger partial charge < -0.3 is 9.88 Å². The monoisotopic (exact) mass is 259 g/mol. The number of hydrogen-bond acceptors (Lipinski definition) is 2. The van der Waals surface area contributed by atoms with Gasteiger partial charge in [0.2, 0.25) is 0 Å². The number of rotatable bonds is 1. The number of aryl methyl sites for hydroxylation is 1. The van der Waals surface area contributed by atoms with E-state index in [0.29, 0.717) is 5.56 Å². The van der Waals surface area contributed by atoms with Gasteiger partial charge in [-0.15, -0.1) is 0 Å². The largest absolute Gasteiger partial charge is 0.339 e. The molecule has 2 aromatic rings. The van der Waals surface area contributed by atoms with Crippen molar-refractivity contribution >= 4 is 16.9 Å². The minimum absolute atomic E-state index is 0.0614. The lowest BCUT2D eigenvalue weighted by atomic mass is 10.1. The summed E-state index contributed by atoms with van der Waals surface area (Å²) in [7, 11) is 1.72. The van der Waals surface area contributed by atoms with Gasteiger partial charge in [-0.1, -0.05) is 0 Å². The fraction of sp³-hybridized carbons (Fsp3) is 0.429. The predicted octanol–water partition coefficient (Wildman–Crippen LogP) is 1.49. The normalized spacial score (nSPS) is 15.9. The molecule has 1 fully saturated rings. The first kappa shape index (κ1) is 12.0. The van der Waals surface area contributed by atoms with Crippen molar-refractivity contribution in [3.8, 4) is 0 Å². The van der Waals surface area contributed by atoms with E-state index in [4.69, 9.17) is 0 Å². The Kier molecular flexibility index (Phi) is 2.89. The number of aromatic nitrogens is 2. The molecule has 1 saturated heterocycles. The van der Waals surface area contributed by atoms with Gasteiger partial charge >= 0.3 is 5.69 Å². The second kappa shape index (κ2) is 4.57. The van der Waals surface area contributed by atoms with Crippen molar-refractivity contribution < 1.29 is 4.79 Å². The zero-order chi connectivity index (χ0) is 13.4. The maximum atomic E-state index is 12.4. The van der Waals surface area contributed by atoms with Crippen LogP contribution in [-0.4, -0.2) is 33.4 Å². The number of fused-ring (bicyclic) bond motifs is 1. The van der Waals surface area contributed by atoms with Gasteiger partial charge in [0.1, 0.15) is 0 Å². The summed E-state index contributed by atoms with van der Waals surface area (Å²) in [6.07, 6.45) is 3.36. The second-order valence-electron chi connectivity index (χ2n) is 5.07. The molecule has 1 aliphatic rings. The third-order valence-electron chi connectivity index (χ3n) is 3.79. The molecule has 1 amide bonds. The average Bonchev–Trinajstić information content (AvgIpc) is 2.74. The summed E-state index contributed by atoms with van der Waals surface area (Å²) in [6, 6.07) is 5.39. The van der Waals surface area contributed by atoms with Gasteiger partial charge in [-0.25, -0.2) is 4.79 Å². The highest BCUT2D eigenvalue weighted by atomic mass is 16.2. The van der Waals surface area contributed by atoms with Gasteiger partial charge in [0.25, 0.3) is 5.91 Å². The number of amides is 1. The first-order valence-electron chi connectivity index (χ1n) is 6.65. The molecule has 0 atom stereocenters. The summed E-state index contributed by atoms with van der Waals surface area (Å²) in [5, 5.41) is 0. The molecule has 1 aromatic heterocycles. The van der Waals surface area contributed by atoms with E-state index in [9.17, 15) is 9.59 Å². The lowest BCUT2D eigenvalue weighted by molar-refractivity contribution is 0.0724. The first-order chi connectivity index (χ1) is 9.16. The highest BCUT2D eigenvalue weighted by molar-refractivity contribution is 5.97. The smallest absolute Gasteiger partial charge is 0.326 e. The van der Waals surface area contributed by atoms with Gasteiger partial charge in [-0.05, 0) is 37.5 Å². The van der Waals surface area contributed by atoms with Crippen LogP contribution in [0.4, 0.5) is 0 Å². The second-order valence-corrected chi connectivity index (χ2v) is 5.07. The van der Waals surface area contributed by atoms with Crippen molar-refractivity contribution in [1.29, 1.82) is 0 Å². The minimum atomic E-state index is -0.155. The van der Waals surface area contributed by atoms with Crippen molar-refractivity contribution in [3.05, 3.63) is 34.2 Å². The van der Waals surface area contributed by atoms with Crippen LogP contribution in [0.3, 0.4) is 0 Å². The fourth-order valence-electron chi connectivity index (χ4n) is 2.65. The van der Waals surface area contributed by atoms with Crippen LogP contribution in [0.2, 0.25) is 0 Å². The third-order valence-corrected chi connectivity index (χ3v) is 3.79. The van der Waals surface area contributed by atoms with Crippen molar-refractivity contribution in [3.63, 3.8) is 0 Å². The van der Waals surface area contributed by atoms with Crippen LogP contribution in [0.15, 0.2) is 23.0 Å². The van der Waals surface area contributed by atoms with Crippen LogP contribution in [0.1, 0.15) is 29.6 Å². The van der Waals surface area contributed by atoms with Crippen molar-refractivity contribution in [1.82, 2.24) is 14.5 Å². The zero-order valence-corrected chi connectivity index (χ0v) is 11.0. The summed E-state index contributed by atoms with van der Waals surface area (Å²) in [4.78, 5) is 28.6. The van der Waals surface area contributed by atoms with Gasteiger partial charge in [0.15, 0.2) is 0 Å². The van der Waals surface area contributed by atoms with E-state index in [1.807, 2.05) is 11.0 Å². The highest BCUT2D eigenvalue weighted by Gasteiger charge is 2.18. The van der Waals surface area contributed by atoms with Crippen LogP contribution in [0.25, 0.3) is 11.0 Å². The number of aromatic amines is 1. The molecule has 1 aromatic carbocycles. The first-order valence-corrected chi connectivity index (χ1v) is 6.65. The number of nitrogens with zero attached hydrogens (tertiary/aromatic N) is 2. The van der Waals surface area contributed by atoms with Gasteiger partial charge in [0, 0.05) is 25.7 Å². The van der Waals surface area contributed by atoms with E-state index in [0.717, 1.165) is 37.0 Å². The van der Waals surface area contributed by atoms with Crippen LogP contribution >= 0.6 is 0 Å². The molecule has 3 rings (SSSR count). The van der Waals surface area contributed by atoms with Crippen LogP contribution in [-0.2, 0) is 7.05 Å². The standard InChI is InChI=1S/C14H17N3O2/c1-16-12-6-5-10(9-11(12)15-14(16)19)13(18)17-7-3-2-4-8-17/h5-6,9H,2-4,7-8H2,1H3,(H,15,19). The SMILES string of the molecule is Cn1c(=O)[nH]c2cc(C(=O)N3CCCCC3)ccc21. The molecular weight excluding hydrogens is 242 g/mol. The Morgan fingerprint density at radius 1 is 1.21 bits per heavy atom. The average molecular weight is 259 g/mol. The molecule has 1 aliphatic heterocycles. The molecule has 1 N–H and O–H groups in total. The van der Waals surface area contributed by atoms with Crippen LogP contribution in [0.5, 0.6) is 0 Å². The molecule has 0 unspecified atom stereocenters. The molecule has 5 heteroatoms. The quantitative estimate of drug-likeness (QED) is 0.843. The number of H-pyrrole nitrogens is 1. The summed E-state index contributed by atoms with van der Waals surface area (Å²) in [5.41, 5.74) is 2.03. The van der Waals surface area contributed by atoms with Gasteiger partial charge in [-0.3, -0.25) is 9.36 Å². The lowest BCUT2D eigenvalue weighted by Gasteiger charge is -2.26. The molecule has 5 nitrogen and oxygen atoms in total. The van der Waals surface area contributed by atoms with E-state index < -0.39 is 0 Å². The molecule has 2 heterocycles. The molecule has 100 valence electrons. The number of likely N-dealkylation sites (tertiary alicyclic amines) is 1. The number of hydrogen-bond donors (Lipinski definition) is 1. The predicted molar refractivity (Wildman–Crippen MR) is 73.3 cm³/mol. The van der Waals surface area contributed by atoms with E-state index in [2.05, 4.69) is 4.98 Å².